The van der Waals surface area contributed by atoms with Gasteiger partial charge < -0.3 is 4.98 Å². The van der Waals surface area contributed by atoms with E-state index in [1.54, 1.807) is 0 Å². The minimum atomic E-state index is -0.540. The number of imidazole rings is 1. The Hall–Kier alpha value is -3.62. The molecule has 0 radical (unpaired) electrons. The zero-order chi connectivity index (χ0) is 16.5. The third kappa shape index (κ3) is 2.47. The number of nitrogens with one attached hydrogen (secondary N) is 2. The van der Waals surface area contributed by atoms with Gasteiger partial charge in [0.15, 0.2) is 0 Å². The molecule has 9 heteroatoms. The van der Waals surface area contributed by atoms with E-state index in [0.717, 1.165) is 11.6 Å². The van der Waals surface area contributed by atoms with E-state index in [2.05, 4.69) is 30.8 Å². The lowest BCUT2D eigenvalue weighted by molar-refractivity contribution is 0.102. The maximum atomic E-state index is 13.6. The lowest BCUT2D eigenvalue weighted by atomic mass is 10.1. The summed E-state index contributed by atoms with van der Waals surface area (Å²) in [6.45, 7) is 0. The first-order valence-electron chi connectivity index (χ1n) is 7.00. The number of H-pyrrole nitrogens is 1. The van der Waals surface area contributed by atoms with Crippen LogP contribution in [0.4, 0.5) is 10.3 Å². The van der Waals surface area contributed by atoms with Gasteiger partial charge in [-0.2, -0.15) is 4.68 Å². The largest absolute Gasteiger partial charge is 0.324 e. The molecule has 8 nitrogen and oxygen atoms in total. The van der Waals surface area contributed by atoms with Crippen molar-refractivity contribution >= 4 is 22.9 Å². The first-order chi connectivity index (χ1) is 11.7. The molecule has 0 bridgehead atoms. The molecule has 4 aromatic rings. The molecule has 0 aliphatic carbocycles. The minimum absolute atomic E-state index is 0.0859. The molecule has 0 aliphatic rings. The molecular weight excluding hydrogens is 313 g/mol. The normalized spacial score (nSPS) is 10.9. The van der Waals surface area contributed by atoms with Crippen LogP contribution in [0, 0.1) is 5.82 Å². The Morgan fingerprint density at radius 1 is 1.21 bits per heavy atom. The highest BCUT2D eigenvalue weighted by Crippen LogP contribution is 2.18. The van der Waals surface area contributed by atoms with Crippen LogP contribution in [0.25, 0.3) is 16.7 Å². The minimum Gasteiger partial charge on any atom is -0.324 e. The number of tetrazole rings is 1. The van der Waals surface area contributed by atoms with Crippen LogP contribution in [-0.4, -0.2) is 36.1 Å². The van der Waals surface area contributed by atoms with Gasteiger partial charge in [-0.3, -0.25) is 10.1 Å². The van der Waals surface area contributed by atoms with Crippen molar-refractivity contribution in [1.82, 2.24) is 30.2 Å². The van der Waals surface area contributed by atoms with Gasteiger partial charge in [0.1, 0.15) is 12.1 Å². The summed E-state index contributed by atoms with van der Waals surface area (Å²) < 4.78 is 14.9. The average molecular weight is 323 g/mol. The molecule has 2 aromatic carbocycles. The fourth-order valence-electron chi connectivity index (χ4n) is 2.35. The number of hydrogen-bond acceptors (Lipinski definition) is 5. The second-order valence-electron chi connectivity index (χ2n) is 4.97. The number of fused-ring (bicyclic) bond motifs is 1. The summed E-state index contributed by atoms with van der Waals surface area (Å²) in [6.07, 6.45) is 1.32. The molecule has 2 aromatic heterocycles. The van der Waals surface area contributed by atoms with E-state index >= 15 is 0 Å². The van der Waals surface area contributed by atoms with Gasteiger partial charge in [-0.05, 0) is 40.8 Å². The lowest BCUT2D eigenvalue weighted by Crippen LogP contribution is -2.16. The van der Waals surface area contributed by atoms with E-state index < -0.39 is 11.7 Å². The zero-order valence-corrected chi connectivity index (χ0v) is 12.1. The van der Waals surface area contributed by atoms with Crippen LogP contribution in [0.2, 0.25) is 0 Å². The molecule has 0 spiro atoms. The van der Waals surface area contributed by atoms with Crippen LogP contribution < -0.4 is 5.32 Å². The lowest BCUT2D eigenvalue weighted by Gasteiger charge is -2.08. The number of para-hydroxylation sites is 2. The molecule has 2 heterocycles. The molecule has 0 saturated heterocycles. The van der Waals surface area contributed by atoms with Crippen LogP contribution in [0.1, 0.15) is 10.4 Å². The molecule has 24 heavy (non-hydrogen) atoms. The highest BCUT2D eigenvalue weighted by molar-refractivity contribution is 6.06. The first-order valence-corrected chi connectivity index (χ1v) is 7.00. The summed E-state index contributed by atoms with van der Waals surface area (Å²) in [6, 6.07) is 11.1. The Morgan fingerprint density at radius 3 is 2.88 bits per heavy atom. The van der Waals surface area contributed by atoms with Gasteiger partial charge in [0.25, 0.3) is 5.91 Å². The fourth-order valence-corrected chi connectivity index (χ4v) is 2.35. The molecule has 4 rings (SSSR count). The third-order valence-electron chi connectivity index (χ3n) is 3.42. The second kappa shape index (κ2) is 5.54. The van der Waals surface area contributed by atoms with E-state index in [9.17, 15) is 9.18 Å². The van der Waals surface area contributed by atoms with E-state index in [4.69, 9.17) is 0 Å². The fraction of sp³-hybridized carbons (Fsp3) is 0. The van der Waals surface area contributed by atoms with Crippen molar-refractivity contribution in [1.29, 1.82) is 0 Å². The summed E-state index contributed by atoms with van der Waals surface area (Å²) in [7, 11) is 0. The van der Waals surface area contributed by atoms with Crippen LogP contribution in [-0.2, 0) is 0 Å². The number of hydrogen-bond donors (Lipinski definition) is 2. The highest BCUT2D eigenvalue weighted by Gasteiger charge is 2.16. The van der Waals surface area contributed by atoms with E-state index in [1.165, 1.54) is 23.1 Å². The summed E-state index contributed by atoms with van der Waals surface area (Å²) in [5.74, 6) is -0.797. The predicted molar refractivity (Wildman–Crippen MR) is 83.2 cm³/mol. The quantitative estimate of drug-likeness (QED) is 0.600. The van der Waals surface area contributed by atoms with Gasteiger partial charge >= 0.3 is 0 Å². The predicted octanol–water partition coefficient (Wildman–Crippen LogP) is 1.93. The van der Waals surface area contributed by atoms with Gasteiger partial charge in [0.05, 0.1) is 22.3 Å². The number of anilines is 1. The smallest absolute Gasteiger partial charge is 0.260 e. The third-order valence-corrected chi connectivity index (χ3v) is 3.42. The molecule has 0 aliphatic heterocycles. The summed E-state index contributed by atoms with van der Waals surface area (Å²) in [4.78, 5) is 19.8. The van der Waals surface area contributed by atoms with Crippen molar-refractivity contribution in [2.24, 2.45) is 0 Å². The second-order valence-corrected chi connectivity index (χ2v) is 4.97. The molecule has 118 valence electrons. The number of halogens is 1. The summed E-state index contributed by atoms with van der Waals surface area (Å²) in [5, 5.41) is 13.4. The van der Waals surface area contributed by atoms with Crippen molar-refractivity contribution in [2.45, 2.75) is 0 Å². The number of benzene rings is 2. The van der Waals surface area contributed by atoms with Crippen LogP contribution in [0.3, 0.4) is 0 Å². The number of carbonyl (C=O) groups excluding carboxylic acids is 1. The maximum absolute atomic E-state index is 13.6. The zero-order valence-electron chi connectivity index (χ0n) is 12.1. The molecular formula is C15H10FN7O. The van der Waals surface area contributed by atoms with Crippen molar-refractivity contribution in [2.75, 3.05) is 5.32 Å². The average Bonchev–Trinajstić information content (AvgIpc) is 3.23. The molecule has 0 saturated carbocycles. The molecule has 0 unspecified atom stereocenters. The molecule has 0 fully saturated rings. The van der Waals surface area contributed by atoms with Gasteiger partial charge in [-0.15, -0.1) is 5.10 Å². The van der Waals surface area contributed by atoms with Gasteiger partial charge in [0.2, 0.25) is 5.95 Å². The van der Waals surface area contributed by atoms with Crippen molar-refractivity contribution in [3.63, 3.8) is 0 Å². The Bertz CT molecular complexity index is 992. The molecule has 2 N–H and O–H groups in total. The van der Waals surface area contributed by atoms with Crippen molar-refractivity contribution < 1.29 is 9.18 Å². The Kier molecular flexibility index (Phi) is 3.23. The van der Waals surface area contributed by atoms with E-state index in [-0.39, 0.29) is 11.5 Å². The number of aromatic amines is 1. The van der Waals surface area contributed by atoms with Gasteiger partial charge in [-0.25, -0.2) is 9.37 Å². The Morgan fingerprint density at radius 2 is 2.08 bits per heavy atom. The monoisotopic (exact) mass is 323 g/mol. The number of carbonyl (C=O) groups is 1. The number of rotatable bonds is 3. The maximum Gasteiger partial charge on any atom is 0.260 e. The van der Waals surface area contributed by atoms with E-state index in [1.807, 2.05) is 24.3 Å². The molecule has 0 atom stereocenters. The topological polar surface area (TPSA) is 101 Å². The Labute approximate surface area is 134 Å². The van der Waals surface area contributed by atoms with Crippen molar-refractivity contribution in [3.8, 4) is 5.69 Å². The van der Waals surface area contributed by atoms with Crippen LogP contribution >= 0.6 is 0 Å². The van der Waals surface area contributed by atoms with Crippen molar-refractivity contribution in [3.05, 3.63) is 60.2 Å². The number of nitrogens with zero attached hydrogens (tertiary/aromatic N) is 5. The summed E-state index contributed by atoms with van der Waals surface area (Å²) in [5.41, 5.74) is 1.94. The summed E-state index contributed by atoms with van der Waals surface area (Å²) >= 11 is 0. The number of aromatic nitrogens is 6. The van der Waals surface area contributed by atoms with E-state index in [0.29, 0.717) is 11.2 Å². The first kappa shape index (κ1) is 14.0. The van der Waals surface area contributed by atoms with Gasteiger partial charge in [0, 0.05) is 0 Å². The standard InChI is InChI=1S/C15H10FN7O/c16-9-5-6-13(23-8-17-21-22-23)10(7-9)14(24)20-15-18-11-3-1-2-4-12(11)19-15/h1-8H,(H2,18,19,20,24). The van der Waals surface area contributed by atoms with Gasteiger partial charge in [-0.1, -0.05) is 12.1 Å². The van der Waals surface area contributed by atoms with Crippen LogP contribution in [0.5, 0.6) is 0 Å². The van der Waals surface area contributed by atoms with Crippen LogP contribution in [0.15, 0.2) is 48.8 Å². The molecule has 1 amide bonds. The Balaban J connectivity index is 1.70. The highest BCUT2D eigenvalue weighted by atomic mass is 19.1. The SMILES string of the molecule is O=C(Nc1nc2ccccc2[nH]1)c1cc(F)ccc1-n1cnnn1. The number of amides is 1.